The van der Waals surface area contributed by atoms with Gasteiger partial charge in [0.15, 0.2) is 0 Å². The van der Waals surface area contributed by atoms with Crippen LogP contribution in [0.25, 0.3) is 0 Å². The van der Waals surface area contributed by atoms with Gasteiger partial charge in [-0.05, 0) is 25.0 Å². The first-order valence-electron chi connectivity index (χ1n) is 8.39. The largest absolute Gasteiger partial charge is 0.468 e. The van der Waals surface area contributed by atoms with E-state index in [0.29, 0.717) is 17.5 Å². The van der Waals surface area contributed by atoms with Crippen LogP contribution < -0.4 is 4.72 Å². The summed E-state index contributed by atoms with van der Waals surface area (Å²) in [7, 11) is -3.65. The molecule has 0 aliphatic heterocycles. The molecule has 0 aromatic carbocycles. The SMILES string of the molecule is CC(C)(C)c1nn(C2CCCC2)cc1S(=O)(=O)NCc1ccco1. The molecular weight excluding hydrogens is 326 g/mol. The van der Waals surface area contributed by atoms with Gasteiger partial charge in [-0.3, -0.25) is 4.68 Å². The number of nitrogens with zero attached hydrogens (tertiary/aromatic N) is 2. The van der Waals surface area contributed by atoms with Crippen molar-refractivity contribution in [1.82, 2.24) is 14.5 Å². The van der Waals surface area contributed by atoms with Crippen molar-refractivity contribution in [2.75, 3.05) is 0 Å². The predicted molar refractivity (Wildman–Crippen MR) is 91.2 cm³/mol. The Morgan fingerprint density at radius 2 is 2.04 bits per heavy atom. The second kappa shape index (κ2) is 6.37. The van der Waals surface area contributed by atoms with E-state index in [9.17, 15) is 8.42 Å². The molecule has 0 radical (unpaired) electrons. The van der Waals surface area contributed by atoms with Gasteiger partial charge in [0.2, 0.25) is 10.0 Å². The van der Waals surface area contributed by atoms with Crippen molar-refractivity contribution in [3.8, 4) is 0 Å². The molecule has 1 aliphatic rings. The molecule has 24 heavy (non-hydrogen) atoms. The third-order valence-electron chi connectivity index (χ3n) is 4.41. The van der Waals surface area contributed by atoms with Crippen molar-refractivity contribution < 1.29 is 12.8 Å². The van der Waals surface area contributed by atoms with Crippen LogP contribution >= 0.6 is 0 Å². The second-order valence-electron chi connectivity index (χ2n) is 7.41. The number of furan rings is 1. The summed E-state index contributed by atoms with van der Waals surface area (Å²) in [6, 6.07) is 3.79. The fourth-order valence-corrected chi connectivity index (χ4v) is 4.44. The van der Waals surface area contributed by atoms with Gasteiger partial charge in [0.25, 0.3) is 0 Å². The molecule has 2 aromatic rings. The van der Waals surface area contributed by atoms with E-state index in [1.165, 1.54) is 19.1 Å². The van der Waals surface area contributed by atoms with Crippen molar-refractivity contribution in [3.63, 3.8) is 0 Å². The minimum Gasteiger partial charge on any atom is -0.468 e. The molecule has 0 amide bonds. The Morgan fingerprint density at radius 1 is 1.33 bits per heavy atom. The van der Waals surface area contributed by atoms with E-state index in [1.54, 1.807) is 18.3 Å². The zero-order valence-electron chi connectivity index (χ0n) is 14.4. The van der Waals surface area contributed by atoms with Crippen LogP contribution in [0.1, 0.15) is 64.0 Å². The van der Waals surface area contributed by atoms with Gasteiger partial charge in [-0.1, -0.05) is 33.6 Å². The van der Waals surface area contributed by atoms with E-state index in [4.69, 9.17) is 4.42 Å². The quantitative estimate of drug-likeness (QED) is 0.896. The lowest BCUT2D eigenvalue weighted by atomic mass is 9.92. The average Bonchev–Trinajstić information content (AvgIpc) is 3.23. The monoisotopic (exact) mass is 351 g/mol. The van der Waals surface area contributed by atoms with Gasteiger partial charge in [0, 0.05) is 11.6 Å². The summed E-state index contributed by atoms with van der Waals surface area (Å²) in [4.78, 5) is 0.272. The fourth-order valence-electron chi connectivity index (χ4n) is 3.10. The molecule has 1 saturated carbocycles. The van der Waals surface area contributed by atoms with Crippen LogP contribution in [0.4, 0.5) is 0 Å². The molecular formula is C17H25N3O3S. The Hall–Kier alpha value is -1.60. The zero-order chi connectivity index (χ0) is 17.4. The molecule has 0 unspecified atom stereocenters. The third kappa shape index (κ3) is 3.57. The molecule has 0 saturated heterocycles. The van der Waals surface area contributed by atoms with Crippen LogP contribution in [-0.2, 0) is 22.0 Å². The van der Waals surface area contributed by atoms with Crippen LogP contribution in [0.15, 0.2) is 33.9 Å². The van der Waals surface area contributed by atoms with E-state index >= 15 is 0 Å². The van der Waals surface area contributed by atoms with Gasteiger partial charge in [0.05, 0.1) is 24.5 Å². The highest BCUT2D eigenvalue weighted by atomic mass is 32.2. The molecule has 6 nitrogen and oxygen atoms in total. The minimum absolute atomic E-state index is 0.132. The lowest BCUT2D eigenvalue weighted by Crippen LogP contribution is -2.26. The van der Waals surface area contributed by atoms with E-state index in [-0.39, 0.29) is 16.9 Å². The highest BCUT2D eigenvalue weighted by Crippen LogP contribution is 2.33. The van der Waals surface area contributed by atoms with Gasteiger partial charge in [-0.15, -0.1) is 0 Å². The molecule has 0 atom stereocenters. The molecule has 1 fully saturated rings. The van der Waals surface area contributed by atoms with Crippen LogP contribution in [0.5, 0.6) is 0 Å². The number of nitrogens with one attached hydrogen (secondary N) is 1. The van der Waals surface area contributed by atoms with Gasteiger partial charge in [-0.2, -0.15) is 5.10 Å². The maximum Gasteiger partial charge on any atom is 0.244 e. The molecule has 7 heteroatoms. The van der Waals surface area contributed by atoms with Crippen molar-refractivity contribution in [2.24, 2.45) is 0 Å². The van der Waals surface area contributed by atoms with E-state index in [1.807, 2.05) is 25.5 Å². The highest BCUT2D eigenvalue weighted by molar-refractivity contribution is 7.89. The smallest absolute Gasteiger partial charge is 0.244 e. The van der Waals surface area contributed by atoms with Crippen LogP contribution in [0.2, 0.25) is 0 Å². The van der Waals surface area contributed by atoms with Crippen molar-refractivity contribution >= 4 is 10.0 Å². The molecule has 0 bridgehead atoms. The summed E-state index contributed by atoms with van der Waals surface area (Å²) in [6.45, 7) is 6.09. The molecule has 0 spiro atoms. The Balaban J connectivity index is 1.92. The standard InChI is InChI=1S/C17H25N3O3S/c1-17(2,3)16-15(12-20(19-16)13-7-4-5-8-13)24(21,22)18-11-14-9-6-10-23-14/h6,9-10,12-13,18H,4-5,7-8,11H2,1-3H3. The summed E-state index contributed by atoms with van der Waals surface area (Å²) in [6.07, 6.45) is 7.70. The Kier molecular flexibility index (Phi) is 4.57. The summed E-state index contributed by atoms with van der Waals surface area (Å²) in [5.41, 5.74) is 0.264. The first kappa shape index (κ1) is 17.2. The predicted octanol–water partition coefficient (Wildman–Crippen LogP) is 3.37. The van der Waals surface area contributed by atoms with Gasteiger partial charge in [0.1, 0.15) is 10.7 Å². The first-order chi connectivity index (χ1) is 11.3. The van der Waals surface area contributed by atoms with Crippen molar-refractivity contribution in [2.45, 2.75) is 69.4 Å². The number of hydrogen-bond acceptors (Lipinski definition) is 4. The summed E-state index contributed by atoms with van der Waals surface area (Å²) in [5, 5.41) is 4.65. The Morgan fingerprint density at radius 3 is 2.62 bits per heavy atom. The topological polar surface area (TPSA) is 77.1 Å². The molecule has 1 N–H and O–H groups in total. The molecule has 3 rings (SSSR count). The van der Waals surface area contributed by atoms with Crippen molar-refractivity contribution in [3.05, 3.63) is 36.0 Å². The lowest BCUT2D eigenvalue weighted by molar-refractivity contribution is 0.448. The van der Waals surface area contributed by atoms with E-state index in [0.717, 1.165) is 12.8 Å². The first-order valence-corrected chi connectivity index (χ1v) is 9.87. The third-order valence-corrected chi connectivity index (χ3v) is 5.82. The van der Waals surface area contributed by atoms with Gasteiger partial charge in [-0.25, -0.2) is 13.1 Å². The lowest BCUT2D eigenvalue weighted by Gasteiger charge is -2.17. The molecule has 2 aromatic heterocycles. The van der Waals surface area contributed by atoms with Crippen molar-refractivity contribution in [1.29, 1.82) is 0 Å². The molecule has 2 heterocycles. The normalized spacial score (nSPS) is 16.8. The molecule has 1 aliphatic carbocycles. The fraction of sp³-hybridized carbons (Fsp3) is 0.588. The van der Waals surface area contributed by atoms with E-state index < -0.39 is 10.0 Å². The van der Waals surface area contributed by atoms with Gasteiger partial charge < -0.3 is 4.42 Å². The summed E-state index contributed by atoms with van der Waals surface area (Å²) >= 11 is 0. The maximum absolute atomic E-state index is 12.8. The molecule has 132 valence electrons. The van der Waals surface area contributed by atoms with Crippen LogP contribution in [-0.4, -0.2) is 18.2 Å². The maximum atomic E-state index is 12.8. The summed E-state index contributed by atoms with van der Waals surface area (Å²) < 4.78 is 35.3. The van der Waals surface area contributed by atoms with Crippen LogP contribution in [0, 0.1) is 0 Å². The number of rotatable bonds is 5. The second-order valence-corrected chi connectivity index (χ2v) is 9.15. The number of sulfonamides is 1. The van der Waals surface area contributed by atoms with Gasteiger partial charge >= 0.3 is 0 Å². The van der Waals surface area contributed by atoms with Crippen LogP contribution in [0.3, 0.4) is 0 Å². The Bertz CT molecular complexity index is 780. The zero-order valence-corrected chi connectivity index (χ0v) is 15.3. The summed E-state index contributed by atoms with van der Waals surface area (Å²) in [5.74, 6) is 0.582. The minimum atomic E-state index is -3.65. The highest BCUT2D eigenvalue weighted by Gasteiger charge is 2.31. The number of aromatic nitrogens is 2. The average molecular weight is 351 g/mol. The Labute approximate surface area is 143 Å². The van der Waals surface area contributed by atoms with E-state index in [2.05, 4.69) is 9.82 Å². The number of hydrogen-bond donors (Lipinski definition) is 1.